The van der Waals surface area contributed by atoms with Gasteiger partial charge in [0.1, 0.15) is 17.4 Å². The van der Waals surface area contributed by atoms with Crippen LogP contribution in [0.25, 0.3) is 0 Å². The monoisotopic (exact) mass is 324 g/mol. The van der Waals surface area contributed by atoms with E-state index in [9.17, 15) is 9.59 Å². The Balaban J connectivity index is 2.24. The van der Waals surface area contributed by atoms with Crippen molar-refractivity contribution in [2.75, 3.05) is 0 Å². The van der Waals surface area contributed by atoms with E-state index in [0.717, 1.165) is 27.8 Å². The van der Waals surface area contributed by atoms with Gasteiger partial charge in [0.05, 0.1) is 0 Å². The molecule has 1 unspecified atom stereocenters. The van der Waals surface area contributed by atoms with Crippen LogP contribution in [0.4, 0.5) is 0 Å². The van der Waals surface area contributed by atoms with Gasteiger partial charge >= 0.3 is 11.9 Å². The molecule has 0 aliphatic carbocycles. The van der Waals surface area contributed by atoms with Gasteiger partial charge in [-0.2, -0.15) is 0 Å². The highest BCUT2D eigenvalue weighted by atomic mass is 16.5. The summed E-state index contributed by atoms with van der Waals surface area (Å²) in [5.74, 6) is -0.260. The number of hydrogen-bond donors (Lipinski definition) is 0. The van der Waals surface area contributed by atoms with Crippen LogP contribution in [0.15, 0.2) is 24.3 Å². The predicted octanol–water partition coefficient (Wildman–Crippen LogP) is 3.90. The Hall–Kier alpha value is -2.62. The molecule has 0 spiro atoms. The van der Waals surface area contributed by atoms with Gasteiger partial charge in [-0.15, -0.1) is 0 Å². The van der Waals surface area contributed by atoms with E-state index in [1.807, 2.05) is 52.0 Å². The lowest BCUT2D eigenvalue weighted by Crippen LogP contribution is -2.15. The van der Waals surface area contributed by atoms with E-state index in [1.165, 1.54) is 6.92 Å². The van der Waals surface area contributed by atoms with Crippen molar-refractivity contribution in [3.63, 3.8) is 0 Å². The van der Waals surface area contributed by atoms with Crippen LogP contribution in [0.1, 0.15) is 46.2 Å². The van der Waals surface area contributed by atoms with Gasteiger partial charge < -0.3 is 9.47 Å². The van der Waals surface area contributed by atoms with Crippen molar-refractivity contribution in [3.8, 4) is 11.5 Å². The molecule has 0 N–H and O–H groups in total. The van der Waals surface area contributed by atoms with E-state index in [1.54, 1.807) is 0 Å². The Kier molecular flexibility index (Phi) is 3.91. The number of benzene rings is 2. The fraction of sp³-hybridized carbons (Fsp3) is 0.300. The molecule has 1 atom stereocenters. The summed E-state index contributed by atoms with van der Waals surface area (Å²) in [6.07, 6.45) is 0. The molecule has 0 fully saturated rings. The van der Waals surface area contributed by atoms with Gasteiger partial charge in [-0.25, -0.2) is 0 Å². The quantitative estimate of drug-likeness (QED) is 0.621. The molecule has 0 aromatic heterocycles. The highest BCUT2D eigenvalue weighted by Gasteiger charge is 2.38. The number of rotatable bonds is 2. The van der Waals surface area contributed by atoms with Crippen LogP contribution in [0, 0.1) is 27.7 Å². The maximum atomic E-state index is 12.6. The average molecular weight is 324 g/mol. The van der Waals surface area contributed by atoms with Crippen molar-refractivity contribution >= 4 is 11.9 Å². The second kappa shape index (κ2) is 5.78. The Labute approximate surface area is 141 Å². The van der Waals surface area contributed by atoms with Gasteiger partial charge in [0.15, 0.2) is 0 Å². The van der Waals surface area contributed by atoms with Crippen LogP contribution < -0.4 is 9.47 Å². The standard InChI is InChI=1S/C20H20O4/c1-10-6-12(3)18(23-14(5)21)15(8-10)17-16-9-11(2)7-13(4)19(16)24-20(17)22/h6-9,17H,1-5H3. The summed E-state index contributed by atoms with van der Waals surface area (Å²) >= 11 is 0. The Morgan fingerprint density at radius 3 is 2.17 bits per heavy atom. The minimum atomic E-state index is -0.577. The number of fused-ring (bicyclic) bond motifs is 1. The summed E-state index contributed by atoms with van der Waals surface area (Å²) in [5.41, 5.74) is 5.33. The van der Waals surface area contributed by atoms with E-state index < -0.39 is 11.9 Å². The number of esters is 2. The summed E-state index contributed by atoms with van der Waals surface area (Å²) in [7, 11) is 0. The van der Waals surface area contributed by atoms with Crippen molar-refractivity contribution < 1.29 is 19.1 Å². The third kappa shape index (κ3) is 2.68. The molecule has 0 radical (unpaired) electrons. The normalized spacial score (nSPS) is 15.9. The number of carbonyl (C=O) groups excluding carboxylic acids is 2. The average Bonchev–Trinajstić information content (AvgIpc) is 2.78. The SMILES string of the molecule is CC(=O)Oc1c(C)cc(C)cc1C1C(=O)Oc2c(C)cc(C)cc21. The molecule has 2 aromatic carbocycles. The molecule has 0 bridgehead atoms. The van der Waals surface area contributed by atoms with Crippen LogP contribution >= 0.6 is 0 Å². The van der Waals surface area contributed by atoms with Crippen LogP contribution in [0.5, 0.6) is 11.5 Å². The lowest BCUT2D eigenvalue weighted by atomic mass is 9.88. The van der Waals surface area contributed by atoms with Gasteiger partial charge in [-0.1, -0.05) is 35.4 Å². The molecule has 24 heavy (non-hydrogen) atoms. The predicted molar refractivity (Wildman–Crippen MR) is 90.6 cm³/mol. The van der Waals surface area contributed by atoms with Gasteiger partial charge in [0, 0.05) is 18.1 Å². The summed E-state index contributed by atoms with van der Waals surface area (Å²) in [5, 5.41) is 0. The zero-order chi connectivity index (χ0) is 17.6. The third-order valence-electron chi connectivity index (χ3n) is 4.20. The molecule has 1 heterocycles. The Bertz CT molecular complexity index is 864. The van der Waals surface area contributed by atoms with Crippen molar-refractivity contribution in [1.29, 1.82) is 0 Å². The van der Waals surface area contributed by atoms with Crippen LogP contribution in [0.2, 0.25) is 0 Å². The Morgan fingerprint density at radius 1 is 0.958 bits per heavy atom. The molecule has 0 saturated carbocycles. The smallest absolute Gasteiger partial charge is 0.323 e. The second-order valence-corrected chi connectivity index (χ2v) is 6.45. The fourth-order valence-corrected chi connectivity index (χ4v) is 3.41. The minimum Gasteiger partial charge on any atom is -0.426 e. The number of ether oxygens (including phenoxy) is 2. The molecule has 2 aromatic rings. The first-order valence-electron chi connectivity index (χ1n) is 7.90. The molecular weight excluding hydrogens is 304 g/mol. The van der Waals surface area contributed by atoms with Crippen LogP contribution in [-0.4, -0.2) is 11.9 Å². The Morgan fingerprint density at radius 2 is 1.54 bits per heavy atom. The van der Waals surface area contributed by atoms with Gasteiger partial charge in [-0.05, 0) is 38.8 Å². The number of hydrogen-bond acceptors (Lipinski definition) is 4. The first-order valence-corrected chi connectivity index (χ1v) is 7.90. The molecular formula is C20H20O4. The molecule has 1 aliphatic heterocycles. The minimum absolute atomic E-state index is 0.336. The lowest BCUT2D eigenvalue weighted by molar-refractivity contribution is -0.134. The highest BCUT2D eigenvalue weighted by Crippen LogP contribution is 2.45. The molecule has 0 amide bonds. The van der Waals surface area contributed by atoms with Crippen molar-refractivity contribution in [2.24, 2.45) is 0 Å². The summed E-state index contributed by atoms with van der Waals surface area (Å²) in [6.45, 7) is 9.10. The number of aryl methyl sites for hydroxylation is 4. The van der Waals surface area contributed by atoms with Crippen molar-refractivity contribution in [1.82, 2.24) is 0 Å². The fourth-order valence-electron chi connectivity index (χ4n) is 3.41. The molecule has 3 rings (SSSR count). The maximum Gasteiger partial charge on any atom is 0.323 e. The largest absolute Gasteiger partial charge is 0.426 e. The van der Waals surface area contributed by atoms with E-state index in [4.69, 9.17) is 9.47 Å². The van der Waals surface area contributed by atoms with Gasteiger partial charge in [0.25, 0.3) is 0 Å². The third-order valence-corrected chi connectivity index (χ3v) is 4.20. The number of carbonyl (C=O) groups is 2. The maximum absolute atomic E-state index is 12.6. The summed E-state index contributed by atoms with van der Waals surface area (Å²) in [6, 6.07) is 7.78. The van der Waals surface area contributed by atoms with Crippen LogP contribution in [-0.2, 0) is 9.59 Å². The molecule has 4 heteroatoms. The summed E-state index contributed by atoms with van der Waals surface area (Å²) in [4.78, 5) is 24.1. The lowest BCUT2D eigenvalue weighted by Gasteiger charge is -2.17. The molecule has 0 saturated heterocycles. The van der Waals surface area contributed by atoms with E-state index in [0.29, 0.717) is 17.1 Å². The van der Waals surface area contributed by atoms with Crippen molar-refractivity contribution in [3.05, 3.63) is 57.6 Å². The zero-order valence-electron chi connectivity index (χ0n) is 14.5. The highest BCUT2D eigenvalue weighted by molar-refractivity contribution is 5.91. The molecule has 124 valence electrons. The van der Waals surface area contributed by atoms with Crippen LogP contribution in [0.3, 0.4) is 0 Å². The van der Waals surface area contributed by atoms with E-state index >= 15 is 0 Å². The summed E-state index contributed by atoms with van der Waals surface area (Å²) < 4.78 is 10.9. The topological polar surface area (TPSA) is 52.6 Å². The van der Waals surface area contributed by atoms with Gasteiger partial charge in [-0.3, -0.25) is 9.59 Å². The second-order valence-electron chi connectivity index (χ2n) is 6.45. The molecule has 4 nitrogen and oxygen atoms in total. The van der Waals surface area contributed by atoms with E-state index in [2.05, 4.69) is 0 Å². The van der Waals surface area contributed by atoms with Crippen molar-refractivity contribution in [2.45, 2.75) is 40.5 Å². The van der Waals surface area contributed by atoms with E-state index in [-0.39, 0.29) is 5.97 Å². The molecule has 1 aliphatic rings. The zero-order valence-corrected chi connectivity index (χ0v) is 14.5. The van der Waals surface area contributed by atoms with Gasteiger partial charge in [0.2, 0.25) is 0 Å². The first-order chi connectivity index (χ1) is 11.3. The first kappa shape index (κ1) is 16.2.